The van der Waals surface area contributed by atoms with E-state index in [2.05, 4.69) is 5.32 Å². The van der Waals surface area contributed by atoms with Crippen molar-refractivity contribution in [3.63, 3.8) is 0 Å². The first-order chi connectivity index (χ1) is 8.26. The third-order valence-electron chi connectivity index (χ3n) is 2.56. The van der Waals surface area contributed by atoms with Crippen LogP contribution in [0.3, 0.4) is 0 Å². The molecule has 9 heteroatoms. The number of piperazine rings is 1. The van der Waals surface area contributed by atoms with Crippen LogP contribution in [0.1, 0.15) is 12.8 Å². The molecule has 1 aliphatic rings. The molecule has 0 saturated carbocycles. The average molecular weight is 285 g/mol. The molecule has 0 aliphatic carbocycles. The summed E-state index contributed by atoms with van der Waals surface area (Å²) in [4.78, 5) is 0. The number of rotatable bonds is 4. The molecular weight excluding hydrogens is 271 g/mol. The minimum atomic E-state index is -4.35. The van der Waals surface area contributed by atoms with Gasteiger partial charge in [-0.2, -0.15) is 22.7 Å². The molecule has 1 N–H and O–H groups in total. The molecule has 1 heterocycles. The predicted molar refractivity (Wildman–Crippen MR) is 58.1 cm³/mol. The van der Waals surface area contributed by atoms with Crippen LogP contribution >= 0.6 is 0 Å². The summed E-state index contributed by atoms with van der Waals surface area (Å²) >= 11 is 0. The van der Waals surface area contributed by atoms with Crippen molar-refractivity contribution in [3.05, 3.63) is 0 Å². The van der Waals surface area contributed by atoms with Crippen LogP contribution in [0.2, 0.25) is 0 Å². The summed E-state index contributed by atoms with van der Waals surface area (Å²) in [6.45, 7) is 0.720. The maximum Gasteiger partial charge on any atom is 0.389 e. The molecule has 0 bridgehead atoms. The van der Waals surface area contributed by atoms with E-state index in [-0.39, 0.29) is 13.1 Å². The molecule has 1 atom stereocenters. The maximum absolute atomic E-state index is 11.9. The van der Waals surface area contributed by atoms with Crippen molar-refractivity contribution in [2.75, 3.05) is 25.4 Å². The second-order valence-electron chi connectivity index (χ2n) is 3.99. The molecule has 1 rings (SSSR count). The Morgan fingerprint density at radius 3 is 2.67 bits per heavy atom. The average Bonchev–Trinajstić information content (AvgIpc) is 2.27. The second-order valence-corrected chi connectivity index (χ2v) is 6.04. The fourth-order valence-corrected chi connectivity index (χ4v) is 3.32. The Bertz CT molecular complexity index is 416. The first-order valence-corrected chi connectivity index (χ1v) is 7.04. The van der Waals surface area contributed by atoms with Crippen molar-refractivity contribution in [1.82, 2.24) is 9.62 Å². The van der Waals surface area contributed by atoms with Gasteiger partial charge in [-0.25, -0.2) is 8.42 Å². The number of alkyl halides is 3. The van der Waals surface area contributed by atoms with E-state index in [1.54, 1.807) is 0 Å². The zero-order valence-corrected chi connectivity index (χ0v) is 10.4. The summed E-state index contributed by atoms with van der Waals surface area (Å²) in [5.41, 5.74) is 0. The summed E-state index contributed by atoms with van der Waals surface area (Å²) in [5.74, 6) is -0.579. The molecule has 0 aromatic rings. The molecule has 1 fully saturated rings. The van der Waals surface area contributed by atoms with Gasteiger partial charge >= 0.3 is 6.18 Å². The molecule has 0 amide bonds. The van der Waals surface area contributed by atoms with Crippen molar-refractivity contribution >= 4 is 10.0 Å². The van der Waals surface area contributed by atoms with Crippen molar-refractivity contribution < 1.29 is 21.6 Å². The van der Waals surface area contributed by atoms with E-state index in [1.165, 1.54) is 0 Å². The number of halogens is 3. The summed E-state index contributed by atoms with van der Waals surface area (Å²) in [6.07, 6.45) is -5.96. The van der Waals surface area contributed by atoms with E-state index >= 15 is 0 Å². The zero-order valence-electron chi connectivity index (χ0n) is 9.57. The number of hydrogen-bond donors (Lipinski definition) is 1. The minimum absolute atomic E-state index is 0.118. The van der Waals surface area contributed by atoms with E-state index in [9.17, 15) is 21.6 Å². The smallest absolute Gasteiger partial charge is 0.313 e. The summed E-state index contributed by atoms with van der Waals surface area (Å²) in [6, 6.07) is 0.991. The standard InChI is InChI=1S/C9H14F3N3O2S/c10-9(11,12)2-1-5-18(16,17)15-4-3-14-7-8(15)6-13/h8,14H,1-5,7H2. The molecule has 18 heavy (non-hydrogen) atoms. The van der Waals surface area contributed by atoms with Crippen LogP contribution in [-0.4, -0.2) is 50.3 Å². The Hall–Kier alpha value is -0.850. The Kier molecular flexibility index (Phi) is 4.95. The molecule has 0 aromatic carbocycles. The molecule has 1 saturated heterocycles. The molecule has 0 spiro atoms. The van der Waals surface area contributed by atoms with Gasteiger partial charge in [0.1, 0.15) is 6.04 Å². The molecule has 1 unspecified atom stereocenters. The lowest BCUT2D eigenvalue weighted by Crippen LogP contribution is -2.53. The highest BCUT2D eigenvalue weighted by molar-refractivity contribution is 7.89. The Morgan fingerprint density at radius 1 is 1.44 bits per heavy atom. The molecule has 1 aliphatic heterocycles. The van der Waals surface area contributed by atoms with Crippen molar-refractivity contribution in [1.29, 1.82) is 5.26 Å². The lowest BCUT2D eigenvalue weighted by molar-refractivity contribution is -0.134. The third kappa shape index (κ3) is 4.44. The first kappa shape index (κ1) is 15.2. The van der Waals surface area contributed by atoms with Crippen LogP contribution in [0, 0.1) is 11.3 Å². The fourth-order valence-electron chi connectivity index (χ4n) is 1.70. The van der Waals surface area contributed by atoms with Gasteiger partial charge in [-0.1, -0.05) is 0 Å². The van der Waals surface area contributed by atoms with Crippen molar-refractivity contribution in [2.24, 2.45) is 0 Å². The highest BCUT2D eigenvalue weighted by atomic mass is 32.2. The van der Waals surface area contributed by atoms with Crippen LogP contribution in [0.4, 0.5) is 13.2 Å². The lowest BCUT2D eigenvalue weighted by atomic mass is 10.3. The Balaban J connectivity index is 2.60. The molecule has 0 aromatic heterocycles. The largest absolute Gasteiger partial charge is 0.389 e. The highest BCUT2D eigenvalue weighted by Crippen LogP contribution is 2.22. The van der Waals surface area contributed by atoms with E-state index in [0.717, 1.165) is 4.31 Å². The van der Waals surface area contributed by atoms with Crippen molar-refractivity contribution in [3.8, 4) is 6.07 Å². The Morgan fingerprint density at radius 2 is 2.11 bits per heavy atom. The molecular formula is C9H14F3N3O2S. The summed E-state index contributed by atoms with van der Waals surface area (Å²) < 4.78 is 60.5. The van der Waals surface area contributed by atoms with Gasteiger partial charge in [0, 0.05) is 26.1 Å². The summed E-state index contributed by atoms with van der Waals surface area (Å²) in [7, 11) is -3.80. The molecule has 5 nitrogen and oxygen atoms in total. The van der Waals surface area contributed by atoms with Gasteiger partial charge in [-0.15, -0.1) is 0 Å². The van der Waals surface area contributed by atoms with Crippen LogP contribution in [0.25, 0.3) is 0 Å². The lowest BCUT2D eigenvalue weighted by Gasteiger charge is -2.30. The van der Waals surface area contributed by atoms with E-state index in [1.807, 2.05) is 6.07 Å². The predicted octanol–water partition coefficient (Wildman–Crippen LogP) is 0.456. The van der Waals surface area contributed by atoms with Gasteiger partial charge in [0.2, 0.25) is 10.0 Å². The van der Waals surface area contributed by atoms with Crippen molar-refractivity contribution in [2.45, 2.75) is 25.1 Å². The quantitative estimate of drug-likeness (QED) is 0.814. The van der Waals surface area contributed by atoms with Crippen LogP contribution < -0.4 is 5.32 Å². The minimum Gasteiger partial charge on any atom is -0.313 e. The van der Waals surface area contributed by atoms with Crippen LogP contribution in [0.15, 0.2) is 0 Å². The SMILES string of the molecule is N#CC1CNCCN1S(=O)(=O)CCCC(F)(F)F. The normalized spacial score (nSPS) is 22.7. The fraction of sp³-hybridized carbons (Fsp3) is 0.889. The maximum atomic E-state index is 11.9. The molecule has 0 radical (unpaired) electrons. The molecule has 104 valence electrons. The number of hydrogen-bond acceptors (Lipinski definition) is 4. The first-order valence-electron chi connectivity index (χ1n) is 5.43. The van der Waals surface area contributed by atoms with E-state index in [4.69, 9.17) is 5.26 Å². The van der Waals surface area contributed by atoms with Gasteiger partial charge < -0.3 is 5.32 Å². The van der Waals surface area contributed by atoms with E-state index < -0.39 is 40.8 Å². The number of nitriles is 1. The topological polar surface area (TPSA) is 73.2 Å². The van der Waals surface area contributed by atoms with Gasteiger partial charge in [-0.05, 0) is 6.42 Å². The Labute approximate surface area is 104 Å². The van der Waals surface area contributed by atoms with Crippen LogP contribution in [-0.2, 0) is 10.0 Å². The number of sulfonamides is 1. The van der Waals surface area contributed by atoms with E-state index in [0.29, 0.717) is 6.54 Å². The van der Waals surface area contributed by atoms with Gasteiger partial charge in [0.05, 0.1) is 11.8 Å². The second kappa shape index (κ2) is 5.86. The summed E-state index contributed by atoms with van der Waals surface area (Å²) in [5, 5.41) is 11.7. The van der Waals surface area contributed by atoms with Crippen LogP contribution in [0.5, 0.6) is 0 Å². The third-order valence-corrected chi connectivity index (χ3v) is 4.52. The van der Waals surface area contributed by atoms with Gasteiger partial charge in [-0.3, -0.25) is 0 Å². The zero-order chi connectivity index (χ0) is 13.8. The number of nitrogens with zero attached hydrogens (tertiary/aromatic N) is 2. The van der Waals surface area contributed by atoms with Gasteiger partial charge in [0.15, 0.2) is 0 Å². The van der Waals surface area contributed by atoms with Gasteiger partial charge in [0.25, 0.3) is 0 Å². The highest BCUT2D eigenvalue weighted by Gasteiger charge is 2.33. The monoisotopic (exact) mass is 285 g/mol. The number of nitrogens with one attached hydrogen (secondary N) is 1.